The second-order valence-electron chi connectivity index (χ2n) is 7.02. The standard InChI is InChI=1S/C19H38O2/c1-8-15(9-2)13-14-17(16(10-3)11-4)21-18(20)19(6,7)12-5/h15-17H,8-14H2,1-7H3. The van der Waals surface area contributed by atoms with Crippen molar-refractivity contribution in [1.29, 1.82) is 0 Å². The zero-order valence-corrected chi connectivity index (χ0v) is 15.5. The van der Waals surface area contributed by atoms with Crippen molar-refractivity contribution in [3.8, 4) is 0 Å². The zero-order valence-electron chi connectivity index (χ0n) is 15.5. The van der Waals surface area contributed by atoms with Gasteiger partial charge in [0, 0.05) is 0 Å². The van der Waals surface area contributed by atoms with Gasteiger partial charge in [0.15, 0.2) is 0 Å². The fourth-order valence-corrected chi connectivity index (χ4v) is 2.74. The Balaban J connectivity index is 4.78. The largest absolute Gasteiger partial charge is 0.462 e. The highest BCUT2D eigenvalue weighted by atomic mass is 16.5. The summed E-state index contributed by atoms with van der Waals surface area (Å²) >= 11 is 0. The van der Waals surface area contributed by atoms with Gasteiger partial charge in [0.2, 0.25) is 0 Å². The van der Waals surface area contributed by atoms with Crippen LogP contribution in [0.15, 0.2) is 0 Å². The summed E-state index contributed by atoms with van der Waals surface area (Å²) in [5, 5.41) is 0. The maximum atomic E-state index is 12.4. The fourth-order valence-electron chi connectivity index (χ4n) is 2.74. The van der Waals surface area contributed by atoms with Crippen molar-refractivity contribution in [1.82, 2.24) is 0 Å². The van der Waals surface area contributed by atoms with Crippen LogP contribution in [0.2, 0.25) is 0 Å². The minimum Gasteiger partial charge on any atom is -0.462 e. The van der Waals surface area contributed by atoms with E-state index in [4.69, 9.17) is 4.74 Å². The maximum absolute atomic E-state index is 12.4. The van der Waals surface area contributed by atoms with Gasteiger partial charge in [-0.3, -0.25) is 4.79 Å². The van der Waals surface area contributed by atoms with Gasteiger partial charge in [0.25, 0.3) is 0 Å². The lowest BCUT2D eigenvalue weighted by atomic mass is 9.87. The summed E-state index contributed by atoms with van der Waals surface area (Å²) in [6.45, 7) is 14.9. The van der Waals surface area contributed by atoms with Gasteiger partial charge in [-0.2, -0.15) is 0 Å². The van der Waals surface area contributed by atoms with Crippen LogP contribution < -0.4 is 0 Å². The topological polar surface area (TPSA) is 26.3 Å². The predicted molar refractivity (Wildman–Crippen MR) is 91.3 cm³/mol. The monoisotopic (exact) mass is 298 g/mol. The first-order valence-corrected chi connectivity index (χ1v) is 9.07. The molecule has 0 aliphatic rings. The molecule has 0 amide bonds. The van der Waals surface area contributed by atoms with Crippen LogP contribution in [0.1, 0.15) is 93.4 Å². The third-order valence-electron chi connectivity index (χ3n) is 5.28. The molecule has 0 saturated carbocycles. The van der Waals surface area contributed by atoms with E-state index in [0.717, 1.165) is 31.6 Å². The van der Waals surface area contributed by atoms with Crippen LogP contribution in [0.4, 0.5) is 0 Å². The molecule has 0 aliphatic carbocycles. The van der Waals surface area contributed by atoms with Crippen LogP contribution in [0.3, 0.4) is 0 Å². The van der Waals surface area contributed by atoms with E-state index >= 15 is 0 Å². The molecule has 21 heavy (non-hydrogen) atoms. The smallest absolute Gasteiger partial charge is 0.311 e. The Bertz CT molecular complexity index is 275. The van der Waals surface area contributed by atoms with Crippen molar-refractivity contribution in [2.75, 3.05) is 0 Å². The fraction of sp³-hybridized carbons (Fsp3) is 0.947. The van der Waals surface area contributed by atoms with Crippen molar-refractivity contribution in [2.24, 2.45) is 17.3 Å². The molecule has 0 N–H and O–H groups in total. The molecule has 0 saturated heterocycles. The van der Waals surface area contributed by atoms with E-state index in [2.05, 4.69) is 34.6 Å². The molecule has 0 aromatic carbocycles. The molecule has 0 fully saturated rings. The number of hydrogen-bond acceptors (Lipinski definition) is 2. The van der Waals surface area contributed by atoms with Gasteiger partial charge < -0.3 is 4.74 Å². The molecule has 2 nitrogen and oxygen atoms in total. The highest BCUT2D eigenvalue weighted by molar-refractivity contribution is 5.76. The van der Waals surface area contributed by atoms with E-state index in [1.54, 1.807) is 0 Å². The molecule has 0 bridgehead atoms. The van der Waals surface area contributed by atoms with Gasteiger partial charge in [0.05, 0.1) is 5.41 Å². The second kappa shape index (κ2) is 10.2. The Hall–Kier alpha value is -0.530. The van der Waals surface area contributed by atoms with Gasteiger partial charge in [-0.25, -0.2) is 0 Å². The van der Waals surface area contributed by atoms with Gasteiger partial charge in [-0.15, -0.1) is 0 Å². The van der Waals surface area contributed by atoms with Gasteiger partial charge in [-0.05, 0) is 57.8 Å². The van der Waals surface area contributed by atoms with Crippen LogP contribution >= 0.6 is 0 Å². The number of rotatable bonds is 11. The van der Waals surface area contributed by atoms with Crippen molar-refractivity contribution in [3.63, 3.8) is 0 Å². The van der Waals surface area contributed by atoms with Gasteiger partial charge in [-0.1, -0.05) is 47.5 Å². The first-order valence-electron chi connectivity index (χ1n) is 9.07. The molecular formula is C19H38O2. The van der Waals surface area contributed by atoms with Gasteiger partial charge in [0.1, 0.15) is 6.10 Å². The normalized spacial score (nSPS) is 13.8. The number of ether oxygens (including phenoxy) is 1. The summed E-state index contributed by atoms with van der Waals surface area (Å²) in [6.07, 6.45) is 7.74. The van der Waals surface area contributed by atoms with E-state index in [-0.39, 0.29) is 17.5 Å². The minimum absolute atomic E-state index is 0.0218. The Kier molecular flexibility index (Phi) is 9.98. The van der Waals surface area contributed by atoms with E-state index in [1.165, 1.54) is 19.3 Å². The van der Waals surface area contributed by atoms with E-state index < -0.39 is 0 Å². The number of carbonyl (C=O) groups is 1. The lowest BCUT2D eigenvalue weighted by Gasteiger charge is -2.30. The van der Waals surface area contributed by atoms with Crippen molar-refractivity contribution < 1.29 is 9.53 Å². The second-order valence-corrected chi connectivity index (χ2v) is 7.02. The van der Waals surface area contributed by atoms with Crippen LogP contribution in [0.25, 0.3) is 0 Å². The van der Waals surface area contributed by atoms with Crippen molar-refractivity contribution >= 4 is 5.97 Å². The van der Waals surface area contributed by atoms with Crippen molar-refractivity contribution in [2.45, 2.75) is 99.5 Å². The maximum Gasteiger partial charge on any atom is 0.311 e. The highest BCUT2D eigenvalue weighted by Crippen LogP contribution is 2.29. The van der Waals surface area contributed by atoms with Crippen LogP contribution in [0, 0.1) is 17.3 Å². The Morgan fingerprint density at radius 2 is 1.43 bits per heavy atom. The Labute approximate surface area is 133 Å². The molecule has 0 aromatic heterocycles. The summed E-state index contributed by atoms with van der Waals surface area (Å²) in [4.78, 5) is 12.4. The third kappa shape index (κ3) is 6.84. The lowest BCUT2D eigenvalue weighted by Crippen LogP contribution is -2.34. The zero-order chi connectivity index (χ0) is 16.5. The molecule has 0 heterocycles. The summed E-state index contributed by atoms with van der Waals surface area (Å²) in [5.74, 6) is 1.24. The highest BCUT2D eigenvalue weighted by Gasteiger charge is 2.31. The minimum atomic E-state index is -0.362. The average Bonchev–Trinajstić information content (AvgIpc) is 2.48. The van der Waals surface area contributed by atoms with Crippen LogP contribution in [0.5, 0.6) is 0 Å². The molecule has 0 aliphatic heterocycles. The summed E-state index contributed by atoms with van der Waals surface area (Å²) in [6, 6.07) is 0. The average molecular weight is 299 g/mol. The number of esters is 1. The van der Waals surface area contributed by atoms with E-state index in [9.17, 15) is 4.79 Å². The first kappa shape index (κ1) is 20.5. The Morgan fingerprint density at radius 1 is 0.905 bits per heavy atom. The van der Waals surface area contributed by atoms with Crippen LogP contribution in [-0.4, -0.2) is 12.1 Å². The number of carbonyl (C=O) groups excluding carboxylic acids is 1. The van der Waals surface area contributed by atoms with Gasteiger partial charge >= 0.3 is 5.97 Å². The number of hydrogen-bond donors (Lipinski definition) is 0. The molecule has 0 radical (unpaired) electrons. The molecule has 0 aromatic rings. The summed E-state index contributed by atoms with van der Waals surface area (Å²) in [7, 11) is 0. The molecule has 1 atom stereocenters. The van der Waals surface area contributed by atoms with E-state index in [0.29, 0.717) is 5.92 Å². The molecule has 1 unspecified atom stereocenters. The van der Waals surface area contributed by atoms with E-state index in [1.807, 2.05) is 13.8 Å². The molecular weight excluding hydrogens is 260 g/mol. The van der Waals surface area contributed by atoms with Crippen molar-refractivity contribution in [3.05, 3.63) is 0 Å². The first-order chi connectivity index (χ1) is 9.85. The molecule has 2 heteroatoms. The molecule has 126 valence electrons. The van der Waals surface area contributed by atoms with Crippen LogP contribution in [-0.2, 0) is 9.53 Å². The third-order valence-corrected chi connectivity index (χ3v) is 5.28. The molecule has 0 rings (SSSR count). The summed E-state index contributed by atoms with van der Waals surface area (Å²) in [5.41, 5.74) is -0.362. The summed E-state index contributed by atoms with van der Waals surface area (Å²) < 4.78 is 5.95. The quantitative estimate of drug-likeness (QED) is 0.438. The SMILES string of the molecule is CCC(CC)CCC(OC(=O)C(C)(C)CC)C(CC)CC. The predicted octanol–water partition coefficient (Wildman–Crippen LogP) is 5.99. The molecule has 0 spiro atoms. The lowest BCUT2D eigenvalue weighted by molar-refractivity contribution is -0.163. The Morgan fingerprint density at radius 3 is 1.81 bits per heavy atom.